The molecular formula is C13H18N4S. The summed E-state index contributed by atoms with van der Waals surface area (Å²) >= 11 is 1.76. The average Bonchev–Trinajstić information content (AvgIpc) is 2.82. The molecular weight excluding hydrogens is 244 g/mol. The van der Waals surface area contributed by atoms with Crippen molar-refractivity contribution in [2.45, 2.75) is 24.4 Å². The Bertz CT molecular complexity index is 492. The molecule has 18 heavy (non-hydrogen) atoms. The highest BCUT2D eigenvalue weighted by molar-refractivity contribution is 7.98. The molecule has 2 aromatic rings. The Morgan fingerprint density at radius 2 is 2.06 bits per heavy atom. The number of rotatable bonds is 5. The highest BCUT2D eigenvalue weighted by Gasteiger charge is 2.06. The van der Waals surface area contributed by atoms with Crippen molar-refractivity contribution in [2.75, 3.05) is 6.26 Å². The molecule has 1 aromatic heterocycles. The van der Waals surface area contributed by atoms with Gasteiger partial charge in [-0.2, -0.15) is 5.10 Å². The van der Waals surface area contributed by atoms with Crippen LogP contribution in [0.3, 0.4) is 0 Å². The topological polar surface area (TPSA) is 42.7 Å². The van der Waals surface area contributed by atoms with Crippen molar-refractivity contribution in [2.24, 2.45) is 7.05 Å². The van der Waals surface area contributed by atoms with Crippen LogP contribution in [0.15, 0.2) is 35.5 Å². The summed E-state index contributed by atoms with van der Waals surface area (Å²) < 4.78 is 1.72. The van der Waals surface area contributed by atoms with E-state index in [4.69, 9.17) is 0 Å². The minimum Gasteiger partial charge on any atom is -0.303 e. The molecule has 1 unspecified atom stereocenters. The molecule has 5 heteroatoms. The van der Waals surface area contributed by atoms with Gasteiger partial charge in [-0.05, 0) is 30.9 Å². The quantitative estimate of drug-likeness (QED) is 0.840. The summed E-state index contributed by atoms with van der Waals surface area (Å²) in [4.78, 5) is 5.48. The van der Waals surface area contributed by atoms with Gasteiger partial charge in [0, 0.05) is 18.0 Å². The first-order valence-corrected chi connectivity index (χ1v) is 7.13. The Labute approximate surface area is 112 Å². The molecule has 96 valence electrons. The van der Waals surface area contributed by atoms with Crippen molar-refractivity contribution < 1.29 is 0 Å². The Hall–Kier alpha value is -1.33. The lowest BCUT2D eigenvalue weighted by Gasteiger charge is -2.13. The molecule has 0 aliphatic heterocycles. The Morgan fingerprint density at radius 3 is 2.61 bits per heavy atom. The molecule has 1 atom stereocenters. The van der Waals surface area contributed by atoms with Crippen molar-refractivity contribution in [3.8, 4) is 0 Å². The SMILES string of the molecule is CSc1ccc(C(C)NCc2ncn(C)n2)cc1. The van der Waals surface area contributed by atoms with Gasteiger partial charge in [0.1, 0.15) is 6.33 Å². The third kappa shape index (κ3) is 3.34. The van der Waals surface area contributed by atoms with E-state index in [0.717, 1.165) is 5.82 Å². The van der Waals surface area contributed by atoms with Gasteiger partial charge in [0.2, 0.25) is 0 Å². The highest BCUT2D eigenvalue weighted by Crippen LogP contribution is 2.18. The van der Waals surface area contributed by atoms with E-state index in [1.54, 1.807) is 22.8 Å². The molecule has 0 saturated carbocycles. The number of aromatic nitrogens is 3. The van der Waals surface area contributed by atoms with E-state index in [0.29, 0.717) is 12.6 Å². The number of hydrogen-bond acceptors (Lipinski definition) is 4. The van der Waals surface area contributed by atoms with Crippen LogP contribution in [0.4, 0.5) is 0 Å². The summed E-state index contributed by atoms with van der Waals surface area (Å²) in [6, 6.07) is 8.92. The second-order valence-corrected chi connectivity index (χ2v) is 5.09. The van der Waals surface area contributed by atoms with Gasteiger partial charge in [-0.1, -0.05) is 12.1 Å². The van der Waals surface area contributed by atoms with E-state index in [2.05, 4.69) is 52.8 Å². The third-order valence-electron chi connectivity index (χ3n) is 2.83. The monoisotopic (exact) mass is 262 g/mol. The maximum atomic E-state index is 4.24. The maximum absolute atomic E-state index is 4.24. The molecule has 0 fully saturated rings. The van der Waals surface area contributed by atoms with Crippen LogP contribution >= 0.6 is 11.8 Å². The lowest BCUT2D eigenvalue weighted by Crippen LogP contribution is -2.19. The van der Waals surface area contributed by atoms with Crippen LogP contribution in [-0.4, -0.2) is 21.0 Å². The van der Waals surface area contributed by atoms with Crippen molar-refractivity contribution >= 4 is 11.8 Å². The van der Waals surface area contributed by atoms with E-state index >= 15 is 0 Å². The van der Waals surface area contributed by atoms with Crippen molar-refractivity contribution in [1.82, 2.24) is 20.1 Å². The van der Waals surface area contributed by atoms with Gasteiger partial charge in [0.05, 0.1) is 6.54 Å². The molecule has 1 aromatic carbocycles. The molecule has 4 nitrogen and oxygen atoms in total. The first kappa shape index (κ1) is 13.1. The summed E-state index contributed by atoms with van der Waals surface area (Å²) in [5.74, 6) is 0.824. The molecule has 1 N–H and O–H groups in total. The maximum Gasteiger partial charge on any atom is 0.164 e. The molecule has 0 saturated heterocycles. The van der Waals surface area contributed by atoms with E-state index in [1.807, 2.05) is 7.05 Å². The molecule has 0 bridgehead atoms. The zero-order valence-electron chi connectivity index (χ0n) is 10.9. The van der Waals surface area contributed by atoms with Gasteiger partial charge < -0.3 is 5.32 Å². The van der Waals surface area contributed by atoms with E-state index in [9.17, 15) is 0 Å². The normalized spacial score (nSPS) is 12.6. The second kappa shape index (κ2) is 6.02. The van der Waals surface area contributed by atoms with Crippen molar-refractivity contribution in [3.63, 3.8) is 0 Å². The van der Waals surface area contributed by atoms with Gasteiger partial charge in [-0.25, -0.2) is 4.98 Å². The number of aryl methyl sites for hydroxylation is 1. The lowest BCUT2D eigenvalue weighted by molar-refractivity contribution is 0.556. The number of nitrogens with one attached hydrogen (secondary N) is 1. The highest BCUT2D eigenvalue weighted by atomic mass is 32.2. The summed E-state index contributed by atoms with van der Waals surface area (Å²) in [6.45, 7) is 2.84. The Kier molecular flexibility index (Phi) is 4.38. The van der Waals surface area contributed by atoms with E-state index < -0.39 is 0 Å². The first-order chi connectivity index (χ1) is 8.69. The van der Waals surface area contributed by atoms with E-state index in [-0.39, 0.29) is 0 Å². The van der Waals surface area contributed by atoms with Crippen LogP contribution in [0, 0.1) is 0 Å². The molecule has 0 aliphatic rings. The minimum atomic E-state index is 0.296. The van der Waals surface area contributed by atoms with Crippen LogP contribution in [0.25, 0.3) is 0 Å². The number of thioether (sulfide) groups is 1. The van der Waals surface area contributed by atoms with Crippen LogP contribution in [0.2, 0.25) is 0 Å². The summed E-state index contributed by atoms with van der Waals surface area (Å²) in [7, 11) is 1.88. The fourth-order valence-corrected chi connectivity index (χ4v) is 2.13. The minimum absolute atomic E-state index is 0.296. The van der Waals surface area contributed by atoms with Gasteiger partial charge >= 0.3 is 0 Å². The van der Waals surface area contributed by atoms with Crippen LogP contribution in [-0.2, 0) is 13.6 Å². The molecule has 2 rings (SSSR count). The smallest absolute Gasteiger partial charge is 0.164 e. The fourth-order valence-electron chi connectivity index (χ4n) is 1.72. The molecule has 1 heterocycles. The van der Waals surface area contributed by atoms with Crippen molar-refractivity contribution in [1.29, 1.82) is 0 Å². The van der Waals surface area contributed by atoms with Gasteiger partial charge in [-0.15, -0.1) is 11.8 Å². The van der Waals surface area contributed by atoms with Crippen molar-refractivity contribution in [3.05, 3.63) is 42.0 Å². The Balaban J connectivity index is 1.92. The van der Waals surface area contributed by atoms with E-state index in [1.165, 1.54) is 10.5 Å². The van der Waals surface area contributed by atoms with Gasteiger partial charge in [0.25, 0.3) is 0 Å². The summed E-state index contributed by atoms with van der Waals surface area (Å²) in [6.07, 6.45) is 3.80. The zero-order chi connectivity index (χ0) is 13.0. The predicted molar refractivity (Wildman–Crippen MR) is 74.5 cm³/mol. The standard InChI is InChI=1S/C13H18N4S/c1-10(11-4-6-12(18-3)7-5-11)14-8-13-15-9-17(2)16-13/h4-7,9-10,14H,8H2,1-3H3. The summed E-state index contributed by atoms with van der Waals surface area (Å²) in [5.41, 5.74) is 1.28. The third-order valence-corrected chi connectivity index (χ3v) is 3.57. The molecule has 0 amide bonds. The number of nitrogens with zero attached hydrogens (tertiary/aromatic N) is 3. The predicted octanol–water partition coefficient (Wildman–Crippen LogP) is 2.39. The lowest BCUT2D eigenvalue weighted by atomic mass is 10.1. The molecule has 0 aliphatic carbocycles. The zero-order valence-corrected chi connectivity index (χ0v) is 11.7. The van der Waals surface area contributed by atoms with Gasteiger partial charge in [0.15, 0.2) is 5.82 Å². The first-order valence-electron chi connectivity index (χ1n) is 5.91. The van der Waals surface area contributed by atoms with Crippen LogP contribution in [0.5, 0.6) is 0 Å². The Morgan fingerprint density at radius 1 is 1.33 bits per heavy atom. The fraction of sp³-hybridized carbons (Fsp3) is 0.385. The van der Waals surface area contributed by atoms with Crippen LogP contribution in [0.1, 0.15) is 24.4 Å². The largest absolute Gasteiger partial charge is 0.303 e. The van der Waals surface area contributed by atoms with Crippen LogP contribution < -0.4 is 5.32 Å². The number of hydrogen-bond donors (Lipinski definition) is 1. The summed E-state index contributed by atoms with van der Waals surface area (Å²) in [5, 5.41) is 7.66. The number of benzene rings is 1. The molecule has 0 radical (unpaired) electrons. The second-order valence-electron chi connectivity index (χ2n) is 4.21. The average molecular weight is 262 g/mol. The van der Waals surface area contributed by atoms with Gasteiger partial charge in [-0.3, -0.25) is 4.68 Å². The molecule has 0 spiro atoms.